The molecule has 0 radical (unpaired) electrons. The fraction of sp³-hybridized carbons (Fsp3) is 0.364. The zero-order valence-electron chi connectivity index (χ0n) is 8.55. The summed E-state index contributed by atoms with van der Waals surface area (Å²) in [6.07, 6.45) is 1.69. The van der Waals surface area contributed by atoms with Crippen LogP contribution >= 0.6 is 0 Å². The lowest BCUT2D eigenvalue weighted by atomic mass is 10.2. The van der Waals surface area contributed by atoms with Crippen LogP contribution in [-0.4, -0.2) is 5.84 Å². The van der Waals surface area contributed by atoms with Crippen molar-refractivity contribution in [3.63, 3.8) is 0 Å². The largest absolute Gasteiger partial charge is 0.387 e. The van der Waals surface area contributed by atoms with Crippen LogP contribution in [0.2, 0.25) is 0 Å². The summed E-state index contributed by atoms with van der Waals surface area (Å²) in [6, 6.07) is 4.87. The molecule has 0 unspecified atom stereocenters. The summed E-state index contributed by atoms with van der Waals surface area (Å²) in [6.45, 7) is 3.75. The minimum Gasteiger partial charge on any atom is -0.387 e. The van der Waals surface area contributed by atoms with E-state index >= 15 is 0 Å². The summed E-state index contributed by atoms with van der Waals surface area (Å²) in [4.78, 5) is 4.11. The Hall–Kier alpha value is -1.38. The summed E-state index contributed by atoms with van der Waals surface area (Å²) in [5.41, 5.74) is 6.84. The van der Waals surface area contributed by atoms with Gasteiger partial charge in [0.2, 0.25) is 0 Å². The number of benzene rings is 1. The zero-order chi connectivity index (χ0) is 10.6. The molecule has 76 valence electrons. The quantitative estimate of drug-likeness (QED) is 0.583. The molecule has 0 atom stereocenters. The van der Waals surface area contributed by atoms with E-state index in [-0.39, 0.29) is 5.82 Å². The smallest absolute Gasteiger partial charge is 0.128 e. The van der Waals surface area contributed by atoms with Gasteiger partial charge in [0.15, 0.2) is 0 Å². The van der Waals surface area contributed by atoms with Crippen molar-refractivity contribution in [3.8, 4) is 0 Å². The van der Waals surface area contributed by atoms with Gasteiger partial charge in [-0.2, -0.15) is 0 Å². The van der Waals surface area contributed by atoms with Crippen molar-refractivity contribution in [2.24, 2.45) is 10.7 Å². The molecular weight excluding hydrogens is 179 g/mol. The Morgan fingerprint density at radius 3 is 2.79 bits per heavy atom. The first-order chi connectivity index (χ1) is 6.63. The highest BCUT2D eigenvalue weighted by Gasteiger charge is 1.98. The average molecular weight is 194 g/mol. The van der Waals surface area contributed by atoms with Gasteiger partial charge in [-0.15, -0.1) is 0 Å². The molecule has 3 heteroatoms. The van der Waals surface area contributed by atoms with Gasteiger partial charge in [0.1, 0.15) is 5.82 Å². The van der Waals surface area contributed by atoms with Crippen LogP contribution in [0.5, 0.6) is 0 Å². The van der Waals surface area contributed by atoms with Gasteiger partial charge in [0.25, 0.3) is 0 Å². The fourth-order valence-electron chi connectivity index (χ4n) is 1.13. The number of halogens is 1. The first kappa shape index (κ1) is 10.7. The van der Waals surface area contributed by atoms with Gasteiger partial charge >= 0.3 is 0 Å². The molecular formula is C11H15FN2. The Morgan fingerprint density at radius 2 is 2.21 bits per heavy atom. The minimum atomic E-state index is -0.240. The fourth-order valence-corrected chi connectivity index (χ4v) is 1.13. The predicted molar refractivity (Wildman–Crippen MR) is 57.3 cm³/mol. The lowest BCUT2D eigenvalue weighted by molar-refractivity contribution is 0.619. The van der Waals surface area contributed by atoms with E-state index in [1.54, 1.807) is 19.1 Å². The van der Waals surface area contributed by atoms with Crippen molar-refractivity contribution in [2.75, 3.05) is 0 Å². The topological polar surface area (TPSA) is 38.4 Å². The second-order valence-corrected chi connectivity index (χ2v) is 3.29. The molecule has 0 spiro atoms. The van der Waals surface area contributed by atoms with Gasteiger partial charge in [-0.05, 0) is 31.0 Å². The van der Waals surface area contributed by atoms with E-state index in [2.05, 4.69) is 4.99 Å². The molecule has 0 aromatic heterocycles. The van der Waals surface area contributed by atoms with Crippen LogP contribution < -0.4 is 5.73 Å². The van der Waals surface area contributed by atoms with E-state index in [9.17, 15) is 4.39 Å². The highest BCUT2D eigenvalue weighted by molar-refractivity contribution is 5.83. The number of hydrogen-bond donors (Lipinski definition) is 1. The summed E-state index contributed by atoms with van der Waals surface area (Å²) in [5.74, 6) is 0.311. The van der Waals surface area contributed by atoms with Gasteiger partial charge in [0, 0.05) is 6.42 Å². The van der Waals surface area contributed by atoms with Crippen molar-refractivity contribution in [2.45, 2.75) is 26.7 Å². The van der Waals surface area contributed by atoms with Crippen LogP contribution in [-0.2, 0) is 0 Å². The van der Waals surface area contributed by atoms with Crippen molar-refractivity contribution >= 4 is 11.5 Å². The van der Waals surface area contributed by atoms with Crippen molar-refractivity contribution in [1.29, 1.82) is 0 Å². The second kappa shape index (κ2) is 4.74. The molecule has 1 rings (SSSR count). The SMILES string of the molecule is CCCC(N)=Nc1ccc(C)c(F)c1. The number of amidine groups is 1. The van der Waals surface area contributed by atoms with Crippen molar-refractivity contribution in [1.82, 2.24) is 0 Å². The molecule has 0 fully saturated rings. The minimum absolute atomic E-state index is 0.240. The third-order valence-corrected chi connectivity index (χ3v) is 1.93. The van der Waals surface area contributed by atoms with Crippen molar-refractivity contribution < 1.29 is 4.39 Å². The van der Waals surface area contributed by atoms with Crippen molar-refractivity contribution in [3.05, 3.63) is 29.6 Å². The Morgan fingerprint density at radius 1 is 1.50 bits per heavy atom. The lowest BCUT2D eigenvalue weighted by Crippen LogP contribution is -2.09. The zero-order valence-corrected chi connectivity index (χ0v) is 8.55. The summed E-state index contributed by atoms with van der Waals surface area (Å²) >= 11 is 0. The number of aliphatic imine (C=N–C) groups is 1. The van der Waals surface area contributed by atoms with Gasteiger partial charge in [-0.3, -0.25) is 0 Å². The summed E-state index contributed by atoms with van der Waals surface area (Å²) < 4.78 is 13.1. The number of aryl methyl sites for hydroxylation is 1. The third-order valence-electron chi connectivity index (χ3n) is 1.93. The number of nitrogens with zero attached hydrogens (tertiary/aromatic N) is 1. The van der Waals surface area contributed by atoms with Gasteiger partial charge in [0.05, 0.1) is 11.5 Å². The molecule has 0 heterocycles. The number of rotatable bonds is 3. The summed E-state index contributed by atoms with van der Waals surface area (Å²) in [5, 5.41) is 0. The molecule has 2 nitrogen and oxygen atoms in total. The van der Waals surface area contributed by atoms with Crippen LogP contribution in [0.1, 0.15) is 25.3 Å². The van der Waals surface area contributed by atoms with Crippen LogP contribution in [0.4, 0.5) is 10.1 Å². The van der Waals surface area contributed by atoms with E-state index in [1.165, 1.54) is 6.07 Å². The molecule has 2 N–H and O–H groups in total. The van der Waals surface area contributed by atoms with Crippen LogP contribution in [0, 0.1) is 12.7 Å². The normalized spacial score (nSPS) is 11.8. The highest BCUT2D eigenvalue weighted by Crippen LogP contribution is 2.16. The molecule has 0 saturated heterocycles. The van der Waals surface area contributed by atoms with Crippen LogP contribution in [0.3, 0.4) is 0 Å². The standard InChI is InChI=1S/C11H15FN2/c1-3-4-11(13)14-9-6-5-8(2)10(12)7-9/h5-7H,3-4H2,1-2H3,(H2,13,14). The van der Waals surface area contributed by atoms with E-state index in [1.807, 2.05) is 6.92 Å². The third kappa shape index (κ3) is 2.83. The van der Waals surface area contributed by atoms with Gasteiger partial charge in [-0.25, -0.2) is 9.38 Å². The maximum atomic E-state index is 13.1. The summed E-state index contributed by atoms with van der Waals surface area (Å²) in [7, 11) is 0. The Bertz CT molecular complexity index is 345. The number of nitrogens with two attached hydrogens (primary N) is 1. The van der Waals surface area contributed by atoms with Crippen LogP contribution in [0.15, 0.2) is 23.2 Å². The van der Waals surface area contributed by atoms with E-state index in [4.69, 9.17) is 5.73 Å². The maximum absolute atomic E-state index is 13.1. The molecule has 0 amide bonds. The molecule has 1 aromatic carbocycles. The second-order valence-electron chi connectivity index (χ2n) is 3.29. The van der Waals surface area contributed by atoms with Crippen LogP contribution in [0.25, 0.3) is 0 Å². The maximum Gasteiger partial charge on any atom is 0.128 e. The molecule has 0 bridgehead atoms. The molecule has 0 aliphatic rings. The Labute approximate surface area is 83.7 Å². The lowest BCUT2D eigenvalue weighted by Gasteiger charge is -2.00. The number of hydrogen-bond acceptors (Lipinski definition) is 1. The van der Waals surface area contributed by atoms with E-state index in [0.29, 0.717) is 17.1 Å². The molecule has 0 aliphatic heterocycles. The highest BCUT2D eigenvalue weighted by atomic mass is 19.1. The Kier molecular flexibility index (Phi) is 3.63. The monoisotopic (exact) mass is 194 g/mol. The molecule has 14 heavy (non-hydrogen) atoms. The molecule has 1 aromatic rings. The van der Waals surface area contributed by atoms with Gasteiger partial charge < -0.3 is 5.73 Å². The molecule has 0 saturated carbocycles. The first-order valence-electron chi connectivity index (χ1n) is 4.72. The molecule has 0 aliphatic carbocycles. The Balaban J connectivity index is 2.87. The van der Waals surface area contributed by atoms with E-state index in [0.717, 1.165) is 12.8 Å². The van der Waals surface area contributed by atoms with Gasteiger partial charge in [-0.1, -0.05) is 13.0 Å². The first-order valence-corrected chi connectivity index (χ1v) is 4.72. The predicted octanol–water partition coefficient (Wildman–Crippen LogP) is 2.92. The van der Waals surface area contributed by atoms with E-state index < -0.39 is 0 Å². The average Bonchev–Trinajstić information content (AvgIpc) is 2.12.